The zero-order chi connectivity index (χ0) is 17.0. The molecule has 2 rings (SSSR count). The third kappa shape index (κ3) is 4.02. The molecule has 0 aliphatic rings. The Morgan fingerprint density at radius 3 is 2.48 bits per heavy atom. The molecule has 0 saturated heterocycles. The summed E-state index contributed by atoms with van der Waals surface area (Å²) in [5.41, 5.74) is 2.08. The van der Waals surface area contributed by atoms with Crippen LogP contribution in [0.4, 0.5) is 11.4 Å². The molecule has 0 fully saturated rings. The minimum absolute atomic E-state index is 0.308. The normalized spacial score (nSPS) is 10.1. The Hall–Kier alpha value is -2.53. The maximum absolute atomic E-state index is 12.4. The van der Waals surface area contributed by atoms with Crippen molar-refractivity contribution in [2.24, 2.45) is 0 Å². The topological polar surface area (TPSA) is 58.6 Å². The molecule has 5 nitrogen and oxygen atoms in total. The van der Waals surface area contributed by atoms with Gasteiger partial charge in [0.05, 0.1) is 23.4 Å². The van der Waals surface area contributed by atoms with E-state index in [0.29, 0.717) is 21.8 Å². The van der Waals surface area contributed by atoms with Crippen LogP contribution in [0, 0.1) is 0 Å². The van der Waals surface area contributed by atoms with Crippen LogP contribution in [0.5, 0.6) is 0 Å². The summed E-state index contributed by atoms with van der Waals surface area (Å²) in [5.74, 6) is -0.801. The van der Waals surface area contributed by atoms with Gasteiger partial charge in [-0.1, -0.05) is 17.7 Å². The molecular weight excluding hydrogens is 316 g/mol. The van der Waals surface area contributed by atoms with Gasteiger partial charge in [-0.05, 0) is 36.4 Å². The number of hydrogen-bond acceptors (Lipinski definition) is 4. The Morgan fingerprint density at radius 2 is 1.83 bits per heavy atom. The number of benzene rings is 2. The molecule has 1 N–H and O–H groups in total. The SMILES string of the molecule is COC(=O)c1ccc(Cl)c(NC(=O)c2cccc(N(C)C)c2)c1. The largest absolute Gasteiger partial charge is 0.465 e. The number of esters is 1. The van der Waals surface area contributed by atoms with Crippen molar-refractivity contribution in [3.05, 3.63) is 58.6 Å². The maximum Gasteiger partial charge on any atom is 0.337 e. The van der Waals surface area contributed by atoms with Crippen molar-refractivity contribution in [3.63, 3.8) is 0 Å². The van der Waals surface area contributed by atoms with E-state index in [2.05, 4.69) is 10.1 Å². The van der Waals surface area contributed by atoms with E-state index in [4.69, 9.17) is 11.6 Å². The Balaban J connectivity index is 2.26. The molecule has 0 unspecified atom stereocenters. The quantitative estimate of drug-likeness (QED) is 0.871. The van der Waals surface area contributed by atoms with Crippen molar-refractivity contribution in [3.8, 4) is 0 Å². The predicted octanol–water partition coefficient (Wildman–Crippen LogP) is 3.44. The van der Waals surface area contributed by atoms with Crippen molar-refractivity contribution in [1.29, 1.82) is 0 Å². The zero-order valence-corrected chi connectivity index (χ0v) is 13.8. The van der Waals surface area contributed by atoms with Gasteiger partial charge in [0.25, 0.3) is 5.91 Å². The lowest BCUT2D eigenvalue weighted by Gasteiger charge is -2.14. The number of halogens is 1. The first kappa shape index (κ1) is 16.8. The molecule has 1 amide bonds. The molecule has 0 spiro atoms. The molecule has 2 aromatic rings. The monoisotopic (exact) mass is 332 g/mol. The minimum atomic E-state index is -0.494. The lowest BCUT2D eigenvalue weighted by Crippen LogP contribution is -2.15. The molecule has 0 bridgehead atoms. The molecule has 0 saturated carbocycles. The third-order valence-electron chi connectivity index (χ3n) is 3.26. The van der Waals surface area contributed by atoms with Crippen LogP contribution in [0.1, 0.15) is 20.7 Å². The van der Waals surface area contributed by atoms with Gasteiger partial charge >= 0.3 is 5.97 Å². The van der Waals surface area contributed by atoms with E-state index >= 15 is 0 Å². The van der Waals surface area contributed by atoms with Crippen LogP contribution in [0.25, 0.3) is 0 Å². The number of nitrogens with one attached hydrogen (secondary N) is 1. The van der Waals surface area contributed by atoms with Crippen LogP contribution >= 0.6 is 11.6 Å². The first-order valence-electron chi connectivity index (χ1n) is 6.89. The van der Waals surface area contributed by atoms with Gasteiger partial charge < -0.3 is 15.0 Å². The van der Waals surface area contributed by atoms with Gasteiger partial charge in [0, 0.05) is 25.3 Å². The number of carbonyl (C=O) groups is 2. The van der Waals surface area contributed by atoms with E-state index in [1.165, 1.54) is 19.2 Å². The molecule has 2 aromatic carbocycles. The first-order valence-corrected chi connectivity index (χ1v) is 7.27. The molecule has 0 aromatic heterocycles. The summed E-state index contributed by atoms with van der Waals surface area (Å²) in [6.07, 6.45) is 0. The van der Waals surface area contributed by atoms with Crippen LogP contribution in [-0.2, 0) is 4.74 Å². The standard InChI is InChI=1S/C17H17ClN2O3/c1-20(2)13-6-4-5-11(9-13)16(21)19-15-10-12(17(22)23-3)7-8-14(15)18/h4-10H,1-3H3,(H,19,21). The summed E-state index contributed by atoms with van der Waals surface area (Å²) in [6.45, 7) is 0. The third-order valence-corrected chi connectivity index (χ3v) is 3.59. The van der Waals surface area contributed by atoms with Crippen molar-refractivity contribution in [2.75, 3.05) is 31.4 Å². The van der Waals surface area contributed by atoms with E-state index in [1.54, 1.807) is 24.3 Å². The summed E-state index contributed by atoms with van der Waals surface area (Å²) in [6, 6.07) is 11.8. The summed E-state index contributed by atoms with van der Waals surface area (Å²) in [7, 11) is 5.09. The zero-order valence-electron chi connectivity index (χ0n) is 13.1. The second-order valence-corrected chi connectivity index (χ2v) is 5.49. The lowest BCUT2D eigenvalue weighted by molar-refractivity contribution is 0.0600. The highest BCUT2D eigenvalue weighted by molar-refractivity contribution is 6.34. The van der Waals surface area contributed by atoms with Crippen molar-refractivity contribution < 1.29 is 14.3 Å². The van der Waals surface area contributed by atoms with E-state index in [9.17, 15) is 9.59 Å². The summed E-state index contributed by atoms with van der Waals surface area (Å²) < 4.78 is 4.66. The second kappa shape index (κ2) is 7.15. The number of hydrogen-bond donors (Lipinski definition) is 1. The average molecular weight is 333 g/mol. The van der Waals surface area contributed by atoms with Crippen LogP contribution in [-0.4, -0.2) is 33.1 Å². The van der Waals surface area contributed by atoms with Gasteiger partial charge in [-0.2, -0.15) is 0 Å². The molecule has 6 heteroatoms. The van der Waals surface area contributed by atoms with E-state index in [-0.39, 0.29) is 5.91 Å². The molecule has 0 aliphatic carbocycles. The van der Waals surface area contributed by atoms with Crippen LogP contribution in [0.3, 0.4) is 0 Å². The number of amides is 1. The summed E-state index contributed by atoms with van der Waals surface area (Å²) in [4.78, 5) is 25.9. The van der Waals surface area contributed by atoms with Crippen LogP contribution < -0.4 is 10.2 Å². The fourth-order valence-electron chi connectivity index (χ4n) is 1.99. The van der Waals surface area contributed by atoms with Gasteiger partial charge in [0.1, 0.15) is 0 Å². The minimum Gasteiger partial charge on any atom is -0.465 e. The molecular formula is C17H17ClN2O3. The van der Waals surface area contributed by atoms with Gasteiger partial charge in [0.2, 0.25) is 0 Å². The van der Waals surface area contributed by atoms with Gasteiger partial charge in [0.15, 0.2) is 0 Å². The van der Waals surface area contributed by atoms with Crippen molar-refractivity contribution >= 4 is 34.9 Å². The highest BCUT2D eigenvalue weighted by Crippen LogP contribution is 2.24. The van der Waals surface area contributed by atoms with Crippen LogP contribution in [0.15, 0.2) is 42.5 Å². The van der Waals surface area contributed by atoms with E-state index in [0.717, 1.165) is 5.69 Å². The van der Waals surface area contributed by atoms with Gasteiger partial charge in [-0.3, -0.25) is 4.79 Å². The molecule has 0 atom stereocenters. The van der Waals surface area contributed by atoms with Gasteiger partial charge in [-0.15, -0.1) is 0 Å². The molecule has 120 valence electrons. The first-order chi connectivity index (χ1) is 10.9. The Kier molecular flexibility index (Phi) is 5.24. The van der Waals surface area contributed by atoms with Crippen molar-refractivity contribution in [2.45, 2.75) is 0 Å². The summed E-state index contributed by atoms with van der Waals surface area (Å²) in [5, 5.41) is 3.06. The Morgan fingerprint density at radius 1 is 1.09 bits per heavy atom. The number of nitrogens with zero attached hydrogens (tertiary/aromatic N) is 1. The van der Waals surface area contributed by atoms with E-state index in [1.807, 2.05) is 25.1 Å². The lowest BCUT2D eigenvalue weighted by atomic mass is 10.1. The highest BCUT2D eigenvalue weighted by atomic mass is 35.5. The molecule has 0 radical (unpaired) electrons. The Labute approximate surface area is 139 Å². The summed E-state index contributed by atoms with van der Waals surface area (Å²) >= 11 is 6.08. The molecule has 23 heavy (non-hydrogen) atoms. The smallest absolute Gasteiger partial charge is 0.337 e. The Bertz CT molecular complexity index is 744. The van der Waals surface area contributed by atoms with Crippen LogP contribution in [0.2, 0.25) is 5.02 Å². The number of ether oxygens (including phenoxy) is 1. The fourth-order valence-corrected chi connectivity index (χ4v) is 2.15. The number of methoxy groups -OCH3 is 1. The average Bonchev–Trinajstić information content (AvgIpc) is 2.56. The maximum atomic E-state index is 12.4. The number of carbonyl (C=O) groups excluding carboxylic acids is 2. The van der Waals surface area contributed by atoms with Crippen molar-refractivity contribution in [1.82, 2.24) is 0 Å². The number of anilines is 2. The predicted molar refractivity (Wildman–Crippen MR) is 91.5 cm³/mol. The van der Waals surface area contributed by atoms with Gasteiger partial charge in [-0.25, -0.2) is 4.79 Å². The highest BCUT2D eigenvalue weighted by Gasteiger charge is 2.13. The fraction of sp³-hybridized carbons (Fsp3) is 0.176. The molecule has 0 aliphatic heterocycles. The van der Waals surface area contributed by atoms with E-state index < -0.39 is 5.97 Å². The molecule has 0 heterocycles. The second-order valence-electron chi connectivity index (χ2n) is 5.09. The number of rotatable bonds is 4.